The first kappa shape index (κ1) is 5.48. The number of nitrogens with one attached hydrogen (secondary N) is 2. The molecule has 54 valence electrons. The van der Waals surface area contributed by atoms with Crippen LogP contribution in [0.15, 0.2) is 0 Å². The Morgan fingerprint density at radius 2 is 2.50 bits per heavy atom. The number of aromatic nitrogens is 3. The predicted molar refractivity (Wildman–Crippen MR) is 36.4 cm³/mol. The van der Waals surface area contributed by atoms with E-state index < -0.39 is 0 Å². The van der Waals surface area contributed by atoms with Gasteiger partial charge in [-0.3, -0.25) is 5.01 Å². The highest BCUT2D eigenvalue weighted by Crippen LogP contribution is 2.19. The summed E-state index contributed by atoms with van der Waals surface area (Å²) in [5.41, 5.74) is 0. The summed E-state index contributed by atoms with van der Waals surface area (Å²) in [5, 5.41) is 14.7. The topological polar surface area (TPSA) is 82.9 Å². The summed E-state index contributed by atoms with van der Waals surface area (Å²) >= 11 is 0. The van der Waals surface area contributed by atoms with Gasteiger partial charge < -0.3 is 5.32 Å². The number of hydrogen-bond donors (Lipinski definition) is 3. The van der Waals surface area contributed by atoms with E-state index in [4.69, 9.17) is 5.84 Å². The highest BCUT2D eigenvalue weighted by Gasteiger charge is 2.16. The van der Waals surface area contributed by atoms with Gasteiger partial charge >= 0.3 is 0 Å². The van der Waals surface area contributed by atoms with E-state index in [1.807, 2.05) is 0 Å². The molecule has 0 bridgehead atoms. The van der Waals surface area contributed by atoms with E-state index in [0.29, 0.717) is 5.82 Å². The van der Waals surface area contributed by atoms with E-state index in [1.54, 1.807) is 5.01 Å². The molecule has 0 saturated heterocycles. The highest BCUT2D eigenvalue weighted by molar-refractivity contribution is 5.61. The molecule has 1 aliphatic heterocycles. The predicted octanol–water partition coefficient (Wildman–Crippen LogP) is -1.09. The number of nitrogens with two attached hydrogens (primary N) is 1. The molecule has 1 aromatic heterocycles. The molecule has 4 N–H and O–H groups in total. The first-order valence-electron chi connectivity index (χ1n) is 3.05. The van der Waals surface area contributed by atoms with Gasteiger partial charge in [0.15, 0.2) is 5.82 Å². The second kappa shape index (κ2) is 1.84. The van der Waals surface area contributed by atoms with Crippen LogP contribution in [0.3, 0.4) is 0 Å². The van der Waals surface area contributed by atoms with E-state index in [2.05, 4.69) is 20.7 Å². The van der Waals surface area contributed by atoms with E-state index in [9.17, 15) is 0 Å². The number of aromatic amines is 1. The molecule has 0 fully saturated rings. The summed E-state index contributed by atoms with van der Waals surface area (Å²) < 4.78 is 0. The van der Waals surface area contributed by atoms with Gasteiger partial charge in [0.2, 0.25) is 5.82 Å². The molecule has 1 aliphatic rings. The Kier molecular flexibility index (Phi) is 1.01. The Labute approximate surface area is 57.4 Å². The Hall–Kier alpha value is -1.30. The standard InChI is InChI=1S/C4H8N6/c5-10-2-1-6-3-4(10)8-9-7-3/h1-2,5H2,(H2,6,7,8,9). The quantitative estimate of drug-likeness (QED) is 0.399. The third-order valence-electron chi connectivity index (χ3n) is 1.46. The first-order chi connectivity index (χ1) is 4.88. The lowest BCUT2D eigenvalue weighted by atomic mass is 10.4. The molecular weight excluding hydrogens is 132 g/mol. The van der Waals surface area contributed by atoms with Gasteiger partial charge in [0.1, 0.15) is 0 Å². The average molecular weight is 140 g/mol. The van der Waals surface area contributed by atoms with Crippen molar-refractivity contribution in [3.8, 4) is 0 Å². The van der Waals surface area contributed by atoms with Crippen LogP contribution in [0.1, 0.15) is 0 Å². The zero-order chi connectivity index (χ0) is 6.97. The lowest BCUT2D eigenvalue weighted by Gasteiger charge is -2.21. The number of hydrazine groups is 1. The third kappa shape index (κ3) is 0.623. The van der Waals surface area contributed by atoms with Crippen molar-refractivity contribution < 1.29 is 0 Å². The van der Waals surface area contributed by atoms with Crippen molar-refractivity contribution in [2.45, 2.75) is 0 Å². The first-order valence-corrected chi connectivity index (χ1v) is 3.05. The van der Waals surface area contributed by atoms with Crippen LogP contribution in [-0.2, 0) is 0 Å². The zero-order valence-corrected chi connectivity index (χ0v) is 5.33. The SMILES string of the molecule is NN1CCNc2[nH]nnc21. The second-order valence-electron chi connectivity index (χ2n) is 2.13. The van der Waals surface area contributed by atoms with Crippen LogP contribution in [0.5, 0.6) is 0 Å². The number of nitrogens with zero attached hydrogens (tertiary/aromatic N) is 3. The van der Waals surface area contributed by atoms with Crippen molar-refractivity contribution in [2.75, 3.05) is 23.4 Å². The normalized spacial score (nSPS) is 16.3. The van der Waals surface area contributed by atoms with Crippen molar-refractivity contribution in [2.24, 2.45) is 5.84 Å². The van der Waals surface area contributed by atoms with E-state index >= 15 is 0 Å². The number of hydrogen-bond acceptors (Lipinski definition) is 5. The van der Waals surface area contributed by atoms with Gasteiger partial charge in [0, 0.05) is 6.54 Å². The number of fused-ring (bicyclic) bond motifs is 1. The van der Waals surface area contributed by atoms with Gasteiger partial charge in [0.05, 0.1) is 6.54 Å². The Morgan fingerprint density at radius 3 is 3.30 bits per heavy atom. The monoisotopic (exact) mass is 140 g/mol. The summed E-state index contributed by atoms with van der Waals surface area (Å²) in [7, 11) is 0. The molecule has 0 atom stereocenters. The maximum absolute atomic E-state index is 5.56. The molecule has 0 radical (unpaired) electrons. The number of anilines is 2. The van der Waals surface area contributed by atoms with Crippen LogP contribution in [0, 0.1) is 0 Å². The summed E-state index contributed by atoms with van der Waals surface area (Å²) in [6, 6.07) is 0. The molecule has 0 saturated carbocycles. The van der Waals surface area contributed by atoms with Crippen molar-refractivity contribution in [1.82, 2.24) is 15.4 Å². The lowest BCUT2D eigenvalue weighted by Crippen LogP contribution is -2.39. The average Bonchev–Trinajstić information content (AvgIpc) is 2.36. The minimum absolute atomic E-state index is 0.686. The van der Waals surface area contributed by atoms with Crippen molar-refractivity contribution in [1.29, 1.82) is 0 Å². The minimum atomic E-state index is 0.686. The molecule has 10 heavy (non-hydrogen) atoms. The van der Waals surface area contributed by atoms with Crippen LogP contribution in [0.2, 0.25) is 0 Å². The van der Waals surface area contributed by atoms with Crippen LogP contribution in [-0.4, -0.2) is 28.5 Å². The van der Waals surface area contributed by atoms with E-state index in [1.165, 1.54) is 0 Å². The van der Waals surface area contributed by atoms with E-state index in [0.717, 1.165) is 18.9 Å². The van der Waals surface area contributed by atoms with Gasteiger partial charge in [-0.25, -0.2) is 10.9 Å². The van der Waals surface area contributed by atoms with Crippen molar-refractivity contribution >= 4 is 11.6 Å². The second-order valence-corrected chi connectivity index (χ2v) is 2.13. The van der Waals surface area contributed by atoms with Gasteiger partial charge in [0.25, 0.3) is 0 Å². The Morgan fingerprint density at radius 1 is 1.60 bits per heavy atom. The van der Waals surface area contributed by atoms with Crippen molar-refractivity contribution in [3.63, 3.8) is 0 Å². The molecule has 1 aromatic rings. The summed E-state index contributed by atoms with van der Waals surface area (Å²) in [4.78, 5) is 0. The Bertz CT molecular complexity index is 229. The molecule has 6 heteroatoms. The fourth-order valence-corrected chi connectivity index (χ4v) is 0.949. The molecule has 2 rings (SSSR count). The molecule has 6 nitrogen and oxygen atoms in total. The molecule has 0 aromatic carbocycles. The van der Waals surface area contributed by atoms with Crippen LogP contribution in [0.25, 0.3) is 0 Å². The van der Waals surface area contributed by atoms with Crippen LogP contribution < -0.4 is 16.2 Å². The summed E-state index contributed by atoms with van der Waals surface area (Å²) in [6.45, 7) is 1.59. The van der Waals surface area contributed by atoms with E-state index in [-0.39, 0.29) is 0 Å². The fraction of sp³-hybridized carbons (Fsp3) is 0.500. The van der Waals surface area contributed by atoms with Gasteiger partial charge in [-0.2, -0.15) is 0 Å². The largest absolute Gasteiger partial charge is 0.365 e. The molecule has 0 aliphatic carbocycles. The third-order valence-corrected chi connectivity index (χ3v) is 1.46. The molecule has 0 unspecified atom stereocenters. The van der Waals surface area contributed by atoms with Crippen LogP contribution in [0.4, 0.5) is 11.6 Å². The maximum atomic E-state index is 5.56. The van der Waals surface area contributed by atoms with Gasteiger partial charge in [-0.15, -0.1) is 5.10 Å². The number of rotatable bonds is 0. The lowest BCUT2D eigenvalue weighted by molar-refractivity contribution is 0.811. The van der Waals surface area contributed by atoms with Crippen LogP contribution >= 0.6 is 0 Å². The minimum Gasteiger partial charge on any atom is -0.365 e. The zero-order valence-electron chi connectivity index (χ0n) is 5.33. The van der Waals surface area contributed by atoms with Gasteiger partial charge in [-0.1, -0.05) is 5.21 Å². The molecule has 0 amide bonds. The Balaban J connectivity index is 2.41. The number of H-pyrrole nitrogens is 1. The molecular formula is C4H8N6. The fourth-order valence-electron chi connectivity index (χ4n) is 0.949. The molecule has 2 heterocycles. The van der Waals surface area contributed by atoms with Crippen molar-refractivity contribution in [3.05, 3.63) is 0 Å². The summed E-state index contributed by atoms with van der Waals surface area (Å²) in [5.74, 6) is 7.05. The highest BCUT2D eigenvalue weighted by atomic mass is 15.5. The van der Waals surface area contributed by atoms with Gasteiger partial charge in [-0.05, 0) is 0 Å². The smallest absolute Gasteiger partial charge is 0.209 e. The molecule has 0 spiro atoms. The summed E-state index contributed by atoms with van der Waals surface area (Å²) in [6.07, 6.45) is 0. The maximum Gasteiger partial charge on any atom is 0.209 e.